The van der Waals surface area contributed by atoms with Gasteiger partial charge in [0.15, 0.2) is 0 Å². The molecule has 1 aromatic heterocycles. The standard InChI is InChI=1S/C20H26N2OS/c1-15-7-9-17(10-8-15)20(18-6-4-12-24-18)21-19(23)14-22-11-3-5-16(2)13-22/h4,6-10,12,16,20H,3,5,11,13-14H2,1-2H3,(H,21,23). The lowest BCUT2D eigenvalue weighted by atomic mass is 10.0. The van der Waals surface area contributed by atoms with E-state index in [4.69, 9.17) is 0 Å². The maximum absolute atomic E-state index is 12.6. The third-order valence-corrected chi connectivity index (χ3v) is 5.59. The van der Waals surface area contributed by atoms with E-state index in [1.54, 1.807) is 11.3 Å². The molecule has 0 saturated carbocycles. The first-order valence-corrected chi connectivity index (χ1v) is 9.61. The minimum atomic E-state index is -0.0553. The Bertz CT molecular complexity index is 651. The summed E-state index contributed by atoms with van der Waals surface area (Å²) in [7, 11) is 0. The number of thiophene rings is 1. The molecule has 1 aliphatic heterocycles. The highest BCUT2D eigenvalue weighted by molar-refractivity contribution is 7.10. The molecule has 1 aromatic carbocycles. The lowest BCUT2D eigenvalue weighted by Crippen LogP contribution is -2.43. The molecule has 1 N–H and O–H groups in total. The van der Waals surface area contributed by atoms with Crippen molar-refractivity contribution in [1.29, 1.82) is 0 Å². The van der Waals surface area contributed by atoms with Gasteiger partial charge in [-0.3, -0.25) is 9.69 Å². The smallest absolute Gasteiger partial charge is 0.234 e. The molecule has 0 aliphatic carbocycles. The Labute approximate surface area is 148 Å². The van der Waals surface area contributed by atoms with Crippen molar-refractivity contribution in [1.82, 2.24) is 10.2 Å². The van der Waals surface area contributed by atoms with Crippen LogP contribution in [0, 0.1) is 12.8 Å². The van der Waals surface area contributed by atoms with Crippen LogP contribution in [0.2, 0.25) is 0 Å². The van der Waals surface area contributed by atoms with E-state index in [0.717, 1.165) is 18.7 Å². The SMILES string of the molecule is Cc1ccc(C(NC(=O)CN2CCCC(C)C2)c2cccs2)cc1. The predicted octanol–water partition coefficient (Wildman–Crippen LogP) is 3.99. The normalized spacial score (nSPS) is 19.8. The summed E-state index contributed by atoms with van der Waals surface area (Å²) in [5.41, 5.74) is 2.38. The number of nitrogens with zero attached hydrogens (tertiary/aromatic N) is 1. The van der Waals surface area contributed by atoms with Gasteiger partial charge in [-0.1, -0.05) is 42.8 Å². The van der Waals surface area contributed by atoms with E-state index in [9.17, 15) is 4.79 Å². The zero-order valence-corrected chi connectivity index (χ0v) is 15.3. The van der Waals surface area contributed by atoms with Crippen LogP contribution in [-0.4, -0.2) is 30.4 Å². The summed E-state index contributed by atoms with van der Waals surface area (Å²) in [6, 6.07) is 12.5. The summed E-state index contributed by atoms with van der Waals surface area (Å²) >= 11 is 1.69. The van der Waals surface area contributed by atoms with Gasteiger partial charge in [0.2, 0.25) is 5.91 Å². The molecule has 0 radical (unpaired) electrons. The van der Waals surface area contributed by atoms with Gasteiger partial charge in [-0.2, -0.15) is 0 Å². The highest BCUT2D eigenvalue weighted by Gasteiger charge is 2.22. The molecule has 2 aromatic rings. The number of likely N-dealkylation sites (tertiary alicyclic amines) is 1. The molecule has 2 heterocycles. The monoisotopic (exact) mass is 342 g/mol. The summed E-state index contributed by atoms with van der Waals surface area (Å²) in [4.78, 5) is 16.1. The minimum absolute atomic E-state index is 0.0553. The summed E-state index contributed by atoms with van der Waals surface area (Å²) < 4.78 is 0. The van der Waals surface area contributed by atoms with Gasteiger partial charge < -0.3 is 5.32 Å². The summed E-state index contributed by atoms with van der Waals surface area (Å²) in [6.45, 7) is 6.91. The third kappa shape index (κ3) is 4.46. The van der Waals surface area contributed by atoms with Crippen molar-refractivity contribution in [3.05, 3.63) is 57.8 Å². The van der Waals surface area contributed by atoms with Gasteiger partial charge in [-0.25, -0.2) is 0 Å². The molecule has 24 heavy (non-hydrogen) atoms. The molecular formula is C20H26N2OS. The fraction of sp³-hybridized carbons (Fsp3) is 0.450. The van der Waals surface area contributed by atoms with E-state index < -0.39 is 0 Å². The summed E-state index contributed by atoms with van der Waals surface area (Å²) in [5.74, 6) is 0.805. The molecule has 1 aliphatic rings. The van der Waals surface area contributed by atoms with Gasteiger partial charge in [0, 0.05) is 11.4 Å². The van der Waals surface area contributed by atoms with Gasteiger partial charge in [-0.05, 0) is 49.2 Å². The average Bonchev–Trinajstić information content (AvgIpc) is 3.08. The van der Waals surface area contributed by atoms with Gasteiger partial charge in [-0.15, -0.1) is 11.3 Å². The molecule has 1 fully saturated rings. The van der Waals surface area contributed by atoms with Crippen molar-refractivity contribution in [2.75, 3.05) is 19.6 Å². The van der Waals surface area contributed by atoms with Crippen LogP contribution in [0.15, 0.2) is 41.8 Å². The molecule has 3 nitrogen and oxygen atoms in total. The van der Waals surface area contributed by atoms with E-state index >= 15 is 0 Å². The van der Waals surface area contributed by atoms with Crippen molar-refractivity contribution in [3.8, 4) is 0 Å². The Kier molecular flexibility index (Phi) is 5.69. The van der Waals surface area contributed by atoms with Crippen molar-refractivity contribution < 1.29 is 4.79 Å². The van der Waals surface area contributed by atoms with Crippen LogP contribution >= 0.6 is 11.3 Å². The Morgan fingerprint density at radius 3 is 2.79 bits per heavy atom. The molecule has 4 heteroatoms. The predicted molar refractivity (Wildman–Crippen MR) is 100 cm³/mol. The Hall–Kier alpha value is -1.65. The molecule has 2 unspecified atom stereocenters. The fourth-order valence-corrected chi connectivity index (χ4v) is 4.18. The number of hydrogen-bond donors (Lipinski definition) is 1. The second-order valence-electron chi connectivity index (χ2n) is 6.91. The number of piperidine rings is 1. The average molecular weight is 343 g/mol. The molecule has 0 spiro atoms. The Balaban J connectivity index is 1.70. The van der Waals surface area contributed by atoms with Crippen LogP contribution < -0.4 is 5.32 Å². The number of carbonyl (C=O) groups excluding carboxylic acids is 1. The number of carbonyl (C=O) groups is 1. The highest BCUT2D eigenvalue weighted by Crippen LogP contribution is 2.26. The maximum Gasteiger partial charge on any atom is 0.234 e. The summed E-state index contributed by atoms with van der Waals surface area (Å²) in [6.07, 6.45) is 2.47. The van der Waals surface area contributed by atoms with Gasteiger partial charge in [0.25, 0.3) is 0 Å². The van der Waals surface area contributed by atoms with Crippen LogP contribution in [0.5, 0.6) is 0 Å². The van der Waals surface area contributed by atoms with Crippen LogP contribution in [0.25, 0.3) is 0 Å². The molecular weight excluding hydrogens is 316 g/mol. The first kappa shape index (κ1) is 17.2. The number of benzene rings is 1. The first-order valence-electron chi connectivity index (χ1n) is 8.73. The van der Waals surface area contributed by atoms with Crippen molar-refractivity contribution in [2.45, 2.75) is 32.7 Å². The minimum Gasteiger partial charge on any atom is -0.343 e. The topological polar surface area (TPSA) is 32.3 Å². The lowest BCUT2D eigenvalue weighted by Gasteiger charge is -2.30. The van der Waals surface area contributed by atoms with Crippen molar-refractivity contribution in [3.63, 3.8) is 0 Å². The van der Waals surface area contributed by atoms with Crippen LogP contribution in [0.3, 0.4) is 0 Å². The molecule has 1 amide bonds. The van der Waals surface area contributed by atoms with E-state index in [2.05, 4.69) is 59.8 Å². The Morgan fingerprint density at radius 1 is 1.33 bits per heavy atom. The second kappa shape index (κ2) is 7.95. The zero-order valence-electron chi connectivity index (χ0n) is 14.5. The third-order valence-electron chi connectivity index (χ3n) is 4.65. The molecule has 128 valence electrons. The highest BCUT2D eigenvalue weighted by atomic mass is 32.1. The fourth-order valence-electron chi connectivity index (χ4n) is 3.37. The van der Waals surface area contributed by atoms with Crippen molar-refractivity contribution >= 4 is 17.2 Å². The number of amides is 1. The largest absolute Gasteiger partial charge is 0.343 e. The number of hydrogen-bond acceptors (Lipinski definition) is 3. The quantitative estimate of drug-likeness (QED) is 0.891. The van der Waals surface area contributed by atoms with Crippen LogP contribution in [0.4, 0.5) is 0 Å². The van der Waals surface area contributed by atoms with Crippen LogP contribution in [0.1, 0.15) is 41.8 Å². The Morgan fingerprint density at radius 2 is 2.12 bits per heavy atom. The molecule has 0 bridgehead atoms. The van der Waals surface area contributed by atoms with E-state index in [1.165, 1.54) is 23.3 Å². The molecule has 3 rings (SSSR count). The van der Waals surface area contributed by atoms with Crippen LogP contribution in [-0.2, 0) is 4.79 Å². The number of rotatable bonds is 5. The second-order valence-corrected chi connectivity index (χ2v) is 7.89. The van der Waals surface area contributed by atoms with E-state index in [0.29, 0.717) is 12.5 Å². The number of nitrogens with one attached hydrogen (secondary N) is 1. The van der Waals surface area contributed by atoms with Gasteiger partial charge >= 0.3 is 0 Å². The van der Waals surface area contributed by atoms with E-state index in [1.807, 2.05) is 6.07 Å². The van der Waals surface area contributed by atoms with E-state index in [-0.39, 0.29) is 11.9 Å². The zero-order chi connectivity index (χ0) is 16.9. The van der Waals surface area contributed by atoms with Gasteiger partial charge in [0.05, 0.1) is 12.6 Å². The molecule has 1 saturated heterocycles. The summed E-state index contributed by atoms with van der Waals surface area (Å²) in [5, 5.41) is 5.31. The van der Waals surface area contributed by atoms with Gasteiger partial charge in [0.1, 0.15) is 0 Å². The number of aryl methyl sites for hydroxylation is 1. The molecule has 2 atom stereocenters. The lowest BCUT2D eigenvalue weighted by molar-refractivity contribution is -0.123. The van der Waals surface area contributed by atoms with Crippen molar-refractivity contribution in [2.24, 2.45) is 5.92 Å². The first-order chi connectivity index (χ1) is 11.6. The maximum atomic E-state index is 12.6.